The number of nitrogens with zero attached hydrogens (tertiary/aromatic N) is 2. The summed E-state index contributed by atoms with van der Waals surface area (Å²) >= 11 is 2.21. The van der Waals surface area contributed by atoms with Gasteiger partial charge in [-0.05, 0) is 29.5 Å². The third kappa shape index (κ3) is 3.77. The Bertz CT molecular complexity index is 401. The first kappa shape index (κ1) is 14.6. The molecule has 1 unspecified atom stereocenters. The standard InChI is InChI=1S/C12H20IN3O/c1-7(17-5)6-8-15-10(12(2,3)4)9(13)11(14)16-8/h7H,6H2,1-5H3,(H2,14,15,16). The number of hydrogen-bond acceptors (Lipinski definition) is 4. The monoisotopic (exact) mass is 349 g/mol. The first-order valence-corrected chi connectivity index (χ1v) is 6.68. The minimum absolute atomic E-state index is 0.0291. The lowest BCUT2D eigenvalue weighted by Crippen LogP contribution is -2.21. The Morgan fingerprint density at radius 1 is 1.35 bits per heavy atom. The van der Waals surface area contributed by atoms with E-state index in [1.165, 1.54) is 0 Å². The Morgan fingerprint density at radius 2 is 1.94 bits per heavy atom. The summed E-state index contributed by atoms with van der Waals surface area (Å²) in [6.07, 6.45) is 0.781. The van der Waals surface area contributed by atoms with Gasteiger partial charge in [-0.1, -0.05) is 20.8 Å². The lowest BCUT2D eigenvalue weighted by atomic mass is 9.92. The van der Waals surface area contributed by atoms with Crippen LogP contribution in [-0.4, -0.2) is 23.2 Å². The van der Waals surface area contributed by atoms with E-state index in [1.807, 2.05) is 6.92 Å². The van der Waals surface area contributed by atoms with Gasteiger partial charge in [0, 0.05) is 18.9 Å². The highest BCUT2D eigenvalue weighted by Crippen LogP contribution is 2.28. The Balaban J connectivity index is 3.15. The van der Waals surface area contributed by atoms with Gasteiger partial charge in [-0.2, -0.15) is 0 Å². The number of ether oxygens (including phenoxy) is 1. The summed E-state index contributed by atoms with van der Waals surface area (Å²) in [5.74, 6) is 1.31. The topological polar surface area (TPSA) is 61.0 Å². The second-order valence-electron chi connectivity index (χ2n) is 5.19. The van der Waals surface area contributed by atoms with Crippen molar-refractivity contribution in [2.24, 2.45) is 0 Å². The average molecular weight is 349 g/mol. The Labute approximate surface area is 117 Å². The predicted molar refractivity (Wildman–Crippen MR) is 78.0 cm³/mol. The van der Waals surface area contributed by atoms with Crippen LogP contribution in [-0.2, 0) is 16.6 Å². The van der Waals surface area contributed by atoms with Crippen LogP contribution in [0, 0.1) is 3.57 Å². The molecule has 0 saturated carbocycles. The van der Waals surface area contributed by atoms with E-state index in [0.717, 1.165) is 15.1 Å². The Kier molecular flexibility index (Phi) is 4.71. The lowest BCUT2D eigenvalue weighted by Gasteiger charge is -2.21. The van der Waals surface area contributed by atoms with Gasteiger partial charge in [-0.25, -0.2) is 9.97 Å². The lowest BCUT2D eigenvalue weighted by molar-refractivity contribution is 0.117. The van der Waals surface area contributed by atoms with Crippen molar-refractivity contribution >= 4 is 28.4 Å². The van der Waals surface area contributed by atoms with E-state index in [2.05, 4.69) is 53.3 Å². The van der Waals surface area contributed by atoms with Gasteiger partial charge >= 0.3 is 0 Å². The number of anilines is 1. The smallest absolute Gasteiger partial charge is 0.140 e. The molecule has 1 heterocycles. The Morgan fingerprint density at radius 3 is 2.41 bits per heavy atom. The van der Waals surface area contributed by atoms with Gasteiger partial charge in [0.1, 0.15) is 11.6 Å². The molecule has 0 radical (unpaired) electrons. The van der Waals surface area contributed by atoms with E-state index in [0.29, 0.717) is 12.2 Å². The van der Waals surface area contributed by atoms with Crippen molar-refractivity contribution in [3.05, 3.63) is 15.1 Å². The molecule has 96 valence electrons. The van der Waals surface area contributed by atoms with Crippen LogP contribution in [0.5, 0.6) is 0 Å². The fourth-order valence-electron chi connectivity index (χ4n) is 1.44. The van der Waals surface area contributed by atoms with E-state index in [1.54, 1.807) is 7.11 Å². The van der Waals surface area contributed by atoms with Crippen LogP contribution in [0.25, 0.3) is 0 Å². The van der Waals surface area contributed by atoms with Crippen LogP contribution in [0.2, 0.25) is 0 Å². The molecule has 0 amide bonds. The van der Waals surface area contributed by atoms with Crippen LogP contribution in [0.4, 0.5) is 5.82 Å². The van der Waals surface area contributed by atoms with Gasteiger partial charge in [0.15, 0.2) is 0 Å². The van der Waals surface area contributed by atoms with E-state index in [-0.39, 0.29) is 11.5 Å². The van der Waals surface area contributed by atoms with Crippen LogP contribution in [0.1, 0.15) is 39.2 Å². The van der Waals surface area contributed by atoms with E-state index in [9.17, 15) is 0 Å². The zero-order valence-electron chi connectivity index (χ0n) is 11.0. The average Bonchev–Trinajstić information content (AvgIpc) is 2.21. The van der Waals surface area contributed by atoms with Crippen LogP contribution < -0.4 is 5.73 Å². The van der Waals surface area contributed by atoms with Crippen molar-refractivity contribution in [3.63, 3.8) is 0 Å². The molecule has 0 aliphatic rings. The maximum atomic E-state index is 5.94. The van der Waals surface area contributed by atoms with Gasteiger partial charge < -0.3 is 10.5 Å². The molecule has 0 aromatic carbocycles. The molecular weight excluding hydrogens is 329 g/mol. The Hall–Kier alpha value is -0.430. The highest BCUT2D eigenvalue weighted by Gasteiger charge is 2.22. The fourth-order valence-corrected chi connectivity index (χ4v) is 2.49. The molecule has 17 heavy (non-hydrogen) atoms. The third-order valence-corrected chi connectivity index (χ3v) is 3.57. The number of halogens is 1. The third-order valence-electron chi connectivity index (χ3n) is 2.51. The molecule has 0 saturated heterocycles. The summed E-state index contributed by atoms with van der Waals surface area (Å²) in [4.78, 5) is 8.93. The minimum Gasteiger partial charge on any atom is -0.383 e. The van der Waals surface area contributed by atoms with Crippen LogP contribution in [0.3, 0.4) is 0 Å². The summed E-state index contributed by atoms with van der Waals surface area (Å²) in [7, 11) is 1.69. The molecule has 0 spiro atoms. The van der Waals surface area contributed by atoms with Gasteiger partial charge in [-0.15, -0.1) is 0 Å². The van der Waals surface area contributed by atoms with Crippen molar-refractivity contribution in [2.75, 3.05) is 12.8 Å². The van der Waals surface area contributed by atoms with Gasteiger partial charge in [0.2, 0.25) is 0 Å². The first-order valence-electron chi connectivity index (χ1n) is 5.61. The first-order chi connectivity index (χ1) is 7.75. The second-order valence-corrected chi connectivity index (χ2v) is 6.27. The van der Waals surface area contributed by atoms with Gasteiger partial charge in [0.05, 0.1) is 15.4 Å². The molecular formula is C12H20IN3O. The fraction of sp³-hybridized carbons (Fsp3) is 0.667. The van der Waals surface area contributed by atoms with Crippen molar-refractivity contribution in [1.29, 1.82) is 0 Å². The highest BCUT2D eigenvalue weighted by atomic mass is 127. The molecule has 1 atom stereocenters. The number of rotatable bonds is 3. The normalized spacial score (nSPS) is 13.8. The molecule has 1 rings (SSSR count). The van der Waals surface area contributed by atoms with Crippen LogP contribution >= 0.6 is 22.6 Å². The van der Waals surface area contributed by atoms with E-state index >= 15 is 0 Å². The SMILES string of the molecule is COC(C)Cc1nc(N)c(I)c(C(C)(C)C)n1. The number of methoxy groups -OCH3 is 1. The van der Waals surface area contributed by atoms with Gasteiger partial charge in [-0.3, -0.25) is 0 Å². The summed E-state index contributed by atoms with van der Waals surface area (Å²) in [6.45, 7) is 8.37. The number of aromatic nitrogens is 2. The van der Waals surface area contributed by atoms with Gasteiger partial charge in [0.25, 0.3) is 0 Å². The number of nitrogens with two attached hydrogens (primary N) is 1. The van der Waals surface area contributed by atoms with Crippen molar-refractivity contribution in [1.82, 2.24) is 9.97 Å². The predicted octanol–water partition coefficient (Wildman–Crippen LogP) is 2.54. The van der Waals surface area contributed by atoms with Crippen molar-refractivity contribution in [2.45, 2.75) is 45.6 Å². The number of nitrogen functional groups attached to an aromatic ring is 1. The zero-order valence-corrected chi connectivity index (χ0v) is 13.2. The molecule has 0 aliphatic heterocycles. The molecule has 5 heteroatoms. The molecule has 0 aliphatic carbocycles. The van der Waals surface area contributed by atoms with Crippen molar-refractivity contribution < 1.29 is 4.74 Å². The highest BCUT2D eigenvalue weighted by molar-refractivity contribution is 14.1. The maximum Gasteiger partial charge on any atom is 0.140 e. The molecule has 4 nitrogen and oxygen atoms in total. The molecule has 1 aromatic heterocycles. The molecule has 2 N–H and O–H groups in total. The molecule has 0 bridgehead atoms. The molecule has 0 fully saturated rings. The largest absolute Gasteiger partial charge is 0.383 e. The summed E-state index contributed by atoms with van der Waals surface area (Å²) in [6, 6.07) is 0. The van der Waals surface area contributed by atoms with E-state index in [4.69, 9.17) is 10.5 Å². The van der Waals surface area contributed by atoms with Crippen LogP contribution in [0.15, 0.2) is 0 Å². The number of hydrogen-bond donors (Lipinski definition) is 1. The molecule has 1 aromatic rings. The summed E-state index contributed by atoms with van der Waals surface area (Å²) in [5, 5.41) is 0. The zero-order chi connectivity index (χ0) is 13.2. The van der Waals surface area contributed by atoms with E-state index < -0.39 is 0 Å². The maximum absolute atomic E-state index is 5.94. The summed E-state index contributed by atoms with van der Waals surface area (Å²) in [5.41, 5.74) is 6.91. The second kappa shape index (κ2) is 5.48. The minimum atomic E-state index is -0.0291. The quantitative estimate of drug-likeness (QED) is 0.852. The van der Waals surface area contributed by atoms with Crippen molar-refractivity contribution in [3.8, 4) is 0 Å². The summed E-state index contributed by atoms with van der Waals surface area (Å²) < 4.78 is 6.18.